The number of rotatable bonds is 26. The van der Waals surface area contributed by atoms with Gasteiger partial charge in [0.15, 0.2) is 0 Å². The van der Waals surface area contributed by atoms with Crippen molar-refractivity contribution >= 4 is 70.2 Å². The number of carbonyl (C=O) groups is 4. The lowest BCUT2D eigenvalue weighted by Crippen LogP contribution is -2.16. The summed E-state index contributed by atoms with van der Waals surface area (Å²) in [4.78, 5) is 75.4. The number of nitrogens with one attached hydrogen (secondary N) is 2. The van der Waals surface area contributed by atoms with Crippen molar-refractivity contribution in [1.29, 1.82) is 0 Å². The van der Waals surface area contributed by atoms with E-state index in [0.29, 0.717) is 89.5 Å². The summed E-state index contributed by atoms with van der Waals surface area (Å²) in [5, 5.41) is 0. The molecule has 582 valence electrons. The third-order valence-electron chi connectivity index (χ3n) is 21.2. The van der Waals surface area contributed by atoms with Crippen molar-refractivity contribution < 1.29 is 38.1 Å². The zero-order valence-electron chi connectivity index (χ0n) is 69.2. The molecule has 12 nitrogen and oxygen atoms in total. The number of esters is 4. The van der Waals surface area contributed by atoms with Gasteiger partial charge < -0.3 is 28.9 Å². The molecule has 2 aromatic carbocycles. The number of fused-ring (bicyclic) bond motifs is 10. The van der Waals surface area contributed by atoms with Crippen LogP contribution in [-0.2, 0) is 40.6 Å². The highest BCUT2D eigenvalue weighted by Gasteiger charge is 2.30. The molecule has 0 atom stereocenters. The van der Waals surface area contributed by atoms with Gasteiger partial charge in [-0.3, -0.25) is 0 Å². The second-order valence-electron chi connectivity index (χ2n) is 34.2. The van der Waals surface area contributed by atoms with Crippen molar-refractivity contribution in [3.63, 3.8) is 0 Å². The van der Waals surface area contributed by atoms with E-state index in [9.17, 15) is 19.2 Å². The maximum Gasteiger partial charge on any atom is 0.338 e. The lowest BCUT2D eigenvalue weighted by Gasteiger charge is -2.26. The van der Waals surface area contributed by atoms with Crippen molar-refractivity contribution in [3.05, 3.63) is 211 Å². The Morgan fingerprint density at radius 3 is 0.875 bits per heavy atom. The molecule has 3 aromatic heterocycles. The van der Waals surface area contributed by atoms with Crippen LogP contribution in [0.4, 0.5) is 0 Å². The molecule has 2 aliphatic heterocycles. The fourth-order valence-corrected chi connectivity index (χ4v) is 14.3. The molecule has 112 heavy (non-hydrogen) atoms. The van der Waals surface area contributed by atoms with Crippen LogP contribution >= 0.6 is 0 Å². The van der Waals surface area contributed by atoms with Crippen LogP contribution in [0.3, 0.4) is 0 Å². The maximum atomic E-state index is 14.1. The van der Waals surface area contributed by atoms with Gasteiger partial charge in [-0.05, 0) is 188 Å². The minimum Gasteiger partial charge on any atom is -0.462 e. The topological polar surface area (TPSA) is 163 Å². The van der Waals surface area contributed by atoms with Gasteiger partial charge in [-0.1, -0.05) is 272 Å². The molecule has 6 aliphatic rings. The Labute approximate surface area is 665 Å². The van der Waals surface area contributed by atoms with E-state index in [0.717, 1.165) is 158 Å². The van der Waals surface area contributed by atoms with Gasteiger partial charge in [0.05, 0.1) is 93.6 Å². The first-order valence-electron chi connectivity index (χ1n) is 40.9. The SMILES string of the molecule is CCCCCCOC(=O)c1cc(C(=O)OCCCCCC)c2ccc(C#Cc3c4nc(c(-c5cc(C(C)(C)C)cc(C(C)(C)C)c5)c5nc(c(C#Cc6ccc7c(C(=O)OCCCCCC)cc(C(=O)OCCCCCC)c-7cc6)c6ccc([nH]6)c(-c6cc(C(C)(C)C)cc(C(C)(C)C)c6)c6ccc3[nH]6)C=C5)C=C4)ccc1-2. The first-order chi connectivity index (χ1) is 53.6. The largest absolute Gasteiger partial charge is 0.462 e. The van der Waals surface area contributed by atoms with Crippen LogP contribution in [0.25, 0.3) is 90.9 Å². The Kier molecular flexibility index (Phi) is 26.7. The number of benzene rings is 2. The number of hydrogen-bond acceptors (Lipinski definition) is 10. The zero-order chi connectivity index (χ0) is 80.1. The number of ether oxygens (including phenoxy) is 4. The molecule has 0 amide bonds. The predicted octanol–water partition coefficient (Wildman–Crippen LogP) is 25.1. The molecule has 0 radical (unpaired) electrons. The molecule has 0 unspecified atom stereocenters. The minimum absolute atomic E-state index is 0.218. The number of carbonyl (C=O) groups excluding carboxylic acids is 4. The molecule has 12 heteroatoms. The summed E-state index contributed by atoms with van der Waals surface area (Å²) in [5.41, 5.74) is 19.3. The quantitative estimate of drug-likeness (QED) is 0.0231. The lowest BCUT2D eigenvalue weighted by atomic mass is 9.78. The van der Waals surface area contributed by atoms with Crippen molar-refractivity contribution in [2.45, 2.75) is 235 Å². The summed E-state index contributed by atoms with van der Waals surface area (Å²) in [6.07, 6.45) is 23.5. The predicted molar refractivity (Wildman–Crippen MR) is 460 cm³/mol. The molecule has 0 fully saturated rings. The van der Waals surface area contributed by atoms with E-state index in [1.807, 2.05) is 60.7 Å². The van der Waals surface area contributed by atoms with Gasteiger partial charge in [-0.15, -0.1) is 0 Å². The van der Waals surface area contributed by atoms with Crippen molar-refractivity contribution in [2.24, 2.45) is 0 Å². The summed E-state index contributed by atoms with van der Waals surface area (Å²) in [7, 11) is 0. The molecule has 5 aromatic rings. The van der Waals surface area contributed by atoms with Crippen LogP contribution in [0.2, 0.25) is 0 Å². The van der Waals surface area contributed by atoms with E-state index in [1.165, 1.54) is 11.1 Å². The Morgan fingerprint density at radius 1 is 0.312 bits per heavy atom. The van der Waals surface area contributed by atoms with E-state index in [-0.39, 0.29) is 48.1 Å². The highest BCUT2D eigenvalue weighted by Crippen LogP contribution is 2.42. The fourth-order valence-electron chi connectivity index (χ4n) is 14.3. The van der Waals surface area contributed by atoms with Crippen LogP contribution < -0.4 is 0 Å². The summed E-state index contributed by atoms with van der Waals surface area (Å²) >= 11 is 0. The summed E-state index contributed by atoms with van der Waals surface area (Å²) in [5.74, 6) is 12.5. The normalized spacial score (nSPS) is 12.2. The second-order valence-corrected chi connectivity index (χ2v) is 34.2. The van der Waals surface area contributed by atoms with Crippen LogP contribution in [-0.4, -0.2) is 70.2 Å². The third-order valence-corrected chi connectivity index (χ3v) is 21.2. The molecule has 0 saturated carbocycles. The molecular formula is C100H114N4O8. The van der Waals surface area contributed by atoms with Crippen molar-refractivity contribution in [1.82, 2.24) is 19.9 Å². The Balaban J connectivity index is 1.17. The smallest absolute Gasteiger partial charge is 0.338 e. The Bertz CT molecular complexity index is 4840. The van der Waals surface area contributed by atoms with Crippen molar-refractivity contribution in [2.75, 3.05) is 26.4 Å². The van der Waals surface area contributed by atoms with E-state index < -0.39 is 23.9 Å². The summed E-state index contributed by atoms with van der Waals surface area (Å²) in [6.45, 7) is 36.7. The first-order valence-corrected chi connectivity index (χ1v) is 40.9. The van der Waals surface area contributed by atoms with Crippen LogP contribution in [0.5, 0.6) is 0 Å². The third kappa shape index (κ3) is 20.0. The van der Waals surface area contributed by atoms with Gasteiger partial charge in [0, 0.05) is 33.3 Å². The number of nitrogens with zero attached hydrogens (tertiary/aromatic N) is 2. The van der Waals surface area contributed by atoms with Crippen LogP contribution in [0.15, 0.2) is 121 Å². The van der Waals surface area contributed by atoms with E-state index in [1.54, 1.807) is 12.1 Å². The fraction of sp³-hybridized carbons (Fsp3) is 0.400. The Hall–Kier alpha value is -10.6. The van der Waals surface area contributed by atoms with Gasteiger partial charge in [0.2, 0.25) is 0 Å². The lowest BCUT2D eigenvalue weighted by molar-refractivity contribution is 0.0482. The van der Waals surface area contributed by atoms with E-state index in [2.05, 4.69) is 217 Å². The zero-order valence-corrected chi connectivity index (χ0v) is 69.2. The average molecular weight is 1500 g/mol. The van der Waals surface area contributed by atoms with Gasteiger partial charge in [0.1, 0.15) is 0 Å². The van der Waals surface area contributed by atoms with Gasteiger partial charge in [-0.25, -0.2) is 29.1 Å². The number of H-pyrrole nitrogens is 2. The highest BCUT2D eigenvalue weighted by molar-refractivity contribution is 6.09. The molecule has 5 heterocycles. The molecule has 11 rings (SSSR count). The number of unbranched alkanes of at least 4 members (excludes halogenated alkanes) is 12. The van der Waals surface area contributed by atoms with Crippen LogP contribution in [0.1, 0.15) is 322 Å². The molecule has 8 bridgehead atoms. The minimum atomic E-state index is -0.487. The first kappa shape index (κ1) is 82.4. The second kappa shape index (κ2) is 36.3. The molecule has 0 saturated heterocycles. The molecule has 0 spiro atoms. The molecule has 2 N–H and O–H groups in total. The molecule has 4 aliphatic carbocycles. The summed E-state index contributed by atoms with van der Waals surface area (Å²) in [6, 6.07) is 40.5. The Morgan fingerprint density at radius 2 is 0.589 bits per heavy atom. The standard InChI is InChI=1S/C100H114N4O8/c1-17-21-25-29-53-109-93(105)79-63-80(94(106)110-54-30-26-22-18-2)74-40-34-65(33-39-73(74)79)37-43-77-83-45-49-87(101-83)91(67-57-69(97(5,6)7)61-70(58-67)98(8,9)10)89-51-47-85(103-89)78(86-48-52-90(104-86)92(88-50-46-84(77)102-88)68-59-71(99(11,12)13)62-72(60-68)100(14,15)16)44-38-66-35-41-75-76(42-36-66)82(96(108)112-56-32-28-24-20-4)64-81(75)95(107)111-55-31-27-23-19-3/h33-36,39-42,45-52,57-64,101,103H,17-32,53-56H2,1-16H3. The van der Waals surface area contributed by atoms with Crippen molar-refractivity contribution in [3.8, 4) is 68.2 Å². The van der Waals surface area contributed by atoms with Gasteiger partial charge in [-0.2, -0.15) is 0 Å². The van der Waals surface area contributed by atoms with Crippen LogP contribution in [0, 0.1) is 23.7 Å². The molecular weight excluding hydrogens is 1390 g/mol. The average Bonchev–Trinajstić information content (AvgIpc) is 1.62. The number of hydrogen-bond donors (Lipinski definition) is 2. The number of aromatic nitrogens is 4. The summed E-state index contributed by atoms with van der Waals surface area (Å²) < 4.78 is 23.5. The highest BCUT2D eigenvalue weighted by atomic mass is 16.5. The maximum absolute atomic E-state index is 14.1. The van der Waals surface area contributed by atoms with E-state index in [4.69, 9.17) is 28.9 Å². The van der Waals surface area contributed by atoms with E-state index >= 15 is 0 Å². The van der Waals surface area contributed by atoms with Gasteiger partial charge in [0.25, 0.3) is 0 Å². The monoisotopic (exact) mass is 1500 g/mol. The number of aromatic amines is 2. The van der Waals surface area contributed by atoms with Gasteiger partial charge >= 0.3 is 23.9 Å².